The number of benzene rings is 1. The maximum atomic E-state index is 6.14. The second-order valence-corrected chi connectivity index (χ2v) is 8.03. The summed E-state index contributed by atoms with van der Waals surface area (Å²) < 4.78 is 12.3. The van der Waals surface area contributed by atoms with Gasteiger partial charge in [-0.1, -0.05) is 30.3 Å². The highest BCUT2D eigenvalue weighted by Crippen LogP contribution is 2.36. The number of aromatic nitrogens is 1. The van der Waals surface area contributed by atoms with Crippen LogP contribution in [-0.4, -0.2) is 42.3 Å². The number of hydrogen-bond acceptors (Lipinski definition) is 4. The Morgan fingerprint density at radius 2 is 1.52 bits per heavy atom. The van der Waals surface area contributed by atoms with E-state index in [0.717, 1.165) is 23.1 Å². The molecule has 0 bridgehead atoms. The second kappa shape index (κ2) is 6.56. The van der Waals surface area contributed by atoms with Crippen LogP contribution in [0.5, 0.6) is 0 Å². The Morgan fingerprint density at radius 3 is 2.08 bits per heavy atom. The highest BCUT2D eigenvalue weighted by Gasteiger charge is 2.51. The molecule has 132 valence electrons. The molecule has 0 aliphatic carbocycles. The molecule has 25 heavy (non-hydrogen) atoms. The summed E-state index contributed by atoms with van der Waals surface area (Å²) in [7, 11) is 3.77. The van der Waals surface area contributed by atoms with Crippen LogP contribution in [0.1, 0.15) is 33.3 Å². The Kier molecular flexibility index (Phi) is 4.75. The molecule has 5 heteroatoms. The van der Waals surface area contributed by atoms with Gasteiger partial charge in [0.1, 0.15) is 0 Å². The van der Waals surface area contributed by atoms with Gasteiger partial charge in [0.15, 0.2) is 0 Å². The fraction of sp³-hybridized carbons (Fsp3) is 0.450. The SMILES string of the molecule is CN(C)Cc1ccc(-c2cncc(B3OC(C)(C)C(C)(C)O3)c2)cc1. The van der Waals surface area contributed by atoms with Crippen LogP contribution in [0.3, 0.4) is 0 Å². The molecule has 1 saturated heterocycles. The zero-order chi connectivity index (χ0) is 18.2. The molecule has 0 radical (unpaired) electrons. The smallest absolute Gasteiger partial charge is 0.399 e. The lowest BCUT2D eigenvalue weighted by molar-refractivity contribution is 0.00578. The van der Waals surface area contributed by atoms with Crippen LogP contribution in [0.25, 0.3) is 11.1 Å². The maximum Gasteiger partial charge on any atom is 0.496 e. The molecule has 0 N–H and O–H groups in total. The van der Waals surface area contributed by atoms with Gasteiger partial charge in [-0.05, 0) is 58.5 Å². The van der Waals surface area contributed by atoms with Gasteiger partial charge < -0.3 is 14.2 Å². The second-order valence-electron chi connectivity index (χ2n) is 8.03. The molecule has 2 heterocycles. The Balaban J connectivity index is 1.83. The lowest BCUT2D eigenvalue weighted by atomic mass is 9.79. The van der Waals surface area contributed by atoms with Crippen molar-refractivity contribution in [1.82, 2.24) is 9.88 Å². The maximum absolute atomic E-state index is 6.14. The van der Waals surface area contributed by atoms with E-state index in [4.69, 9.17) is 9.31 Å². The van der Waals surface area contributed by atoms with Gasteiger partial charge in [-0.2, -0.15) is 0 Å². The molecular formula is C20H27BN2O2. The molecule has 0 saturated carbocycles. The molecule has 1 aromatic carbocycles. The van der Waals surface area contributed by atoms with Crippen molar-refractivity contribution in [3.63, 3.8) is 0 Å². The zero-order valence-electron chi connectivity index (χ0n) is 16.0. The lowest BCUT2D eigenvalue weighted by Crippen LogP contribution is -2.41. The highest BCUT2D eigenvalue weighted by atomic mass is 16.7. The van der Waals surface area contributed by atoms with E-state index >= 15 is 0 Å². The third kappa shape index (κ3) is 3.79. The van der Waals surface area contributed by atoms with E-state index in [0.29, 0.717) is 0 Å². The first-order valence-electron chi connectivity index (χ1n) is 8.73. The third-order valence-corrected chi connectivity index (χ3v) is 5.07. The quantitative estimate of drug-likeness (QED) is 0.803. The molecule has 0 unspecified atom stereocenters. The number of nitrogens with zero attached hydrogens (tertiary/aromatic N) is 2. The molecule has 0 spiro atoms. The topological polar surface area (TPSA) is 34.6 Å². The van der Waals surface area contributed by atoms with Gasteiger partial charge in [-0.25, -0.2) is 0 Å². The first-order valence-corrected chi connectivity index (χ1v) is 8.73. The van der Waals surface area contributed by atoms with Crippen molar-refractivity contribution < 1.29 is 9.31 Å². The molecule has 0 amide bonds. The molecule has 3 rings (SSSR count). The molecule has 1 aromatic heterocycles. The normalized spacial score (nSPS) is 18.8. The van der Waals surface area contributed by atoms with Gasteiger partial charge in [0.25, 0.3) is 0 Å². The van der Waals surface area contributed by atoms with E-state index in [2.05, 4.69) is 82.0 Å². The van der Waals surface area contributed by atoms with Crippen molar-refractivity contribution in [2.45, 2.75) is 45.4 Å². The minimum absolute atomic E-state index is 0.346. The van der Waals surface area contributed by atoms with Crippen LogP contribution in [0, 0.1) is 0 Å². The van der Waals surface area contributed by atoms with Crippen molar-refractivity contribution in [2.24, 2.45) is 0 Å². The van der Waals surface area contributed by atoms with Gasteiger partial charge in [-0.3, -0.25) is 4.98 Å². The largest absolute Gasteiger partial charge is 0.496 e. The number of pyridine rings is 1. The first-order chi connectivity index (χ1) is 11.7. The Hall–Kier alpha value is -1.69. The lowest BCUT2D eigenvalue weighted by Gasteiger charge is -2.32. The number of rotatable bonds is 4. The first kappa shape index (κ1) is 18.1. The minimum atomic E-state index is -0.384. The van der Waals surface area contributed by atoms with Crippen LogP contribution in [0.2, 0.25) is 0 Å². The van der Waals surface area contributed by atoms with Crippen LogP contribution >= 0.6 is 0 Å². The van der Waals surface area contributed by atoms with Gasteiger partial charge in [-0.15, -0.1) is 0 Å². The van der Waals surface area contributed by atoms with Crippen molar-refractivity contribution in [1.29, 1.82) is 0 Å². The highest BCUT2D eigenvalue weighted by molar-refractivity contribution is 6.62. The van der Waals surface area contributed by atoms with Gasteiger partial charge in [0, 0.05) is 24.4 Å². The van der Waals surface area contributed by atoms with Crippen LogP contribution in [-0.2, 0) is 15.9 Å². The molecule has 4 nitrogen and oxygen atoms in total. The van der Waals surface area contributed by atoms with E-state index < -0.39 is 0 Å². The predicted octanol–water partition coefficient (Wildman–Crippen LogP) is 3.11. The van der Waals surface area contributed by atoms with Crippen molar-refractivity contribution in [3.05, 3.63) is 48.3 Å². The fourth-order valence-electron chi connectivity index (χ4n) is 2.89. The fourth-order valence-corrected chi connectivity index (χ4v) is 2.89. The summed E-state index contributed by atoms with van der Waals surface area (Å²) in [5, 5.41) is 0. The van der Waals surface area contributed by atoms with E-state index in [1.54, 1.807) is 0 Å². The van der Waals surface area contributed by atoms with Crippen molar-refractivity contribution in [2.75, 3.05) is 14.1 Å². The van der Waals surface area contributed by atoms with Gasteiger partial charge in [0.05, 0.1) is 11.2 Å². The predicted molar refractivity (Wildman–Crippen MR) is 103 cm³/mol. The van der Waals surface area contributed by atoms with Gasteiger partial charge >= 0.3 is 7.12 Å². The van der Waals surface area contributed by atoms with Crippen LogP contribution in [0.15, 0.2) is 42.7 Å². The molecule has 1 aliphatic heterocycles. The summed E-state index contributed by atoms with van der Waals surface area (Å²) in [5.74, 6) is 0. The monoisotopic (exact) mass is 338 g/mol. The summed E-state index contributed by atoms with van der Waals surface area (Å²) in [5.41, 5.74) is 3.78. The van der Waals surface area contributed by atoms with Crippen LogP contribution < -0.4 is 5.46 Å². The van der Waals surface area contributed by atoms with E-state index in [-0.39, 0.29) is 18.3 Å². The zero-order valence-corrected chi connectivity index (χ0v) is 16.0. The Labute approximate surface area is 151 Å². The minimum Gasteiger partial charge on any atom is -0.399 e. The van der Waals surface area contributed by atoms with E-state index in [1.807, 2.05) is 12.4 Å². The van der Waals surface area contributed by atoms with Crippen LogP contribution in [0.4, 0.5) is 0 Å². The Morgan fingerprint density at radius 1 is 0.920 bits per heavy atom. The third-order valence-electron chi connectivity index (χ3n) is 5.07. The van der Waals surface area contributed by atoms with Crippen molar-refractivity contribution in [3.8, 4) is 11.1 Å². The molecule has 2 aromatic rings. The summed E-state index contributed by atoms with van der Waals surface area (Å²) in [6.07, 6.45) is 3.71. The summed E-state index contributed by atoms with van der Waals surface area (Å²) in [4.78, 5) is 6.57. The molecular weight excluding hydrogens is 311 g/mol. The molecule has 0 atom stereocenters. The average molecular weight is 338 g/mol. The molecule has 1 fully saturated rings. The Bertz CT molecular complexity index is 726. The summed E-state index contributed by atoms with van der Waals surface area (Å²) in [6.45, 7) is 9.19. The van der Waals surface area contributed by atoms with E-state index in [9.17, 15) is 0 Å². The van der Waals surface area contributed by atoms with Crippen molar-refractivity contribution >= 4 is 12.6 Å². The molecule has 1 aliphatic rings. The summed E-state index contributed by atoms with van der Waals surface area (Å²) >= 11 is 0. The average Bonchev–Trinajstić information content (AvgIpc) is 2.76. The standard InChI is InChI=1S/C20H27BN2O2/c1-19(2)20(3,4)25-21(24-19)18-11-17(12-22-13-18)16-9-7-15(8-10-16)14-23(5)6/h7-13H,14H2,1-6H3. The number of hydrogen-bond donors (Lipinski definition) is 0. The summed E-state index contributed by atoms with van der Waals surface area (Å²) in [6, 6.07) is 10.7. The van der Waals surface area contributed by atoms with E-state index in [1.165, 1.54) is 5.56 Å². The van der Waals surface area contributed by atoms with Gasteiger partial charge in [0.2, 0.25) is 0 Å².